The van der Waals surface area contributed by atoms with E-state index in [0.29, 0.717) is 18.1 Å². The third-order valence-corrected chi connectivity index (χ3v) is 9.07. The van der Waals surface area contributed by atoms with Crippen LogP contribution in [0.5, 0.6) is 17.2 Å². The Balaban J connectivity index is 1.10. The number of ether oxygens (including phenoxy) is 2. The van der Waals surface area contributed by atoms with Crippen LogP contribution >= 0.6 is 0 Å². The maximum atomic E-state index is 14.3. The Morgan fingerprint density at radius 3 is 2.75 bits per heavy atom. The summed E-state index contributed by atoms with van der Waals surface area (Å²) in [6.45, 7) is 11.8. The highest BCUT2D eigenvalue weighted by molar-refractivity contribution is 5.97. The minimum Gasteiger partial charge on any atom is -0.490 e. The van der Waals surface area contributed by atoms with Crippen LogP contribution in [0.3, 0.4) is 0 Å². The predicted molar refractivity (Wildman–Crippen MR) is 166 cm³/mol. The van der Waals surface area contributed by atoms with Gasteiger partial charge >= 0.3 is 0 Å². The number of rotatable bonds is 11. The van der Waals surface area contributed by atoms with Crippen molar-refractivity contribution in [3.05, 3.63) is 65.6 Å². The zero-order chi connectivity index (χ0) is 30.8. The summed E-state index contributed by atoms with van der Waals surface area (Å²) < 4.78 is 27.0. The Labute approximate surface area is 258 Å². The molecular formula is C33H42FN7O3. The largest absolute Gasteiger partial charge is 0.490 e. The molecule has 0 bridgehead atoms. The number of fused-ring (bicyclic) bond motifs is 1. The molecule has 44 heavy (non-hydrogen) atoms. The molecule has 1 saturated heterocycles. The van der Waals surface area contributed by atoms with Crippen LogP contribution in [0.25, 0.3) is 0 Å². The van der Waals surface area contributed by atoms with Gasteiger partial charge in [-0.25, -0.2) is 14.4 Å². The number of carbonyl (C=O) groups is 1. The van der Waals surface area contributed by atoms with Crippen molar-refractivity contribution in [3.63, 3.8) is 0 Å². The fourth-order valence-electron chi connectivity index (χ4n) is 6.77. The molecule has 1 aliphatic carbocycles. The summed E-state index contributed by atoms with van der Waals surface area (Å²) >= 11 is 0. The molecule has 2 aromatic heterocycles. The highest BCUT2D eigenvalue weighted by atomic mass is 19.1. The van der Waals surface area contributed by atoms with Crippen molar-refractivity contribution in [1.82, 2.24) is 30.1 Å². The van der Waals surface area contributed by atoms with E-state index in [4.69, 9.17) is 9.47 Å². The van der Waals surface area contributed by atoms with Crippen molar-refractivity contribution >= 4 is 11.7 Å². The topological polar surface area (TPSA) is 96.0 Å². The summed E-state index contributed by atoms with van der Waals surface area (Å²) in [5.74, 6) is 1.59. The number of aromatic nitrogens is 3. The lowest BCUT2D eigenvalue weighted by atomic mass is 9.61. The zero-order valence-electron chi connectivity index (χ0n) is 26.1. The number of halogens is 1. The maximum absolute atomic E-state index is 14.3. The first kappa shape index (κ1) is 30.2. The zero-order valence-corrected chi connectivity index (χ0v) is 26.1. The number of benzene rings is 1. The molecule has 2 aliphatic heterocycles. The number of carbonyl (C=O) groups excluding carboxylic acids is 1. The smallest absolute Gasteiger partial charge is 0.257 e. The van der Waals surface area contributed by atoms with Gasteiger partial charge in [-0.2, -0.15) is 0 Å². The number of nitrogens with one attached hydrogen (secondary N) is 1. The van der Waals surface area contributed by atoms with Crippen LogP contribution in [0.1, 0.15) is 55.2 Å². The highest BCUT2D eigenvalue weighted by Gasteiger charge is 2.54. The normalized spacial score (nSPS) is 17.6. The molecule has 1 amide bonds. The second-order valence-corrected chi connectivity index (χ2v) is 12.5. The summed E-state index contributed by atoms with van der Waals surface area (Å²) in [4.78, 5) is 33.0. The number of pyridine rings is 1. The molecule has 2 fully saturated rings. The van der Waals surface area contributed by atoms with Gasteiger partial charge in [-0.3, -0.25) is 14.7 Å². The van der Waals surface area contributed by atoms with Gasteiger partial charge in [0, 0.05) is 81.1 Å². The number of amides is 1. The molecule has 3 aromatic rings. The monoisotopic (exact) mass is 603 g/mol. The van der Waals surface area contributed by atoms with E-state index in [1.807, 2.05) is 40.1 Å². The third-order valence-electron chi connectivity index (χ3n) is 9.07. The summed E-state index contributed by atoms with van der Waals surface area (Å²) in [7, 11) is 1.99. The Morgan fingerprint density at radius 1 is 1.18 bits per heavy atom. The van der Waals surface area contributed by atoms with Crippen molar-refractivity contribution in [2.45, 2.75) is 58.7 Å². The average Bonchev–Trinajstić information content (AvgIpc) is 2.98. The van der Waals surface area contributed by atoms with E-state index in [2.05, 4.69) is 30.1 Å². The van der Waals surface area contributed by atoms with Gasteiger partial charge in [0.25, 0.3) is 5.91 Å². The summed E-state index contributed by atoms with van der Waals surface area (Å²) in [6.07, 6.45) is 8.05. The van der Waals surface area contributed by atoms with Crippen LogP contribution in [-0.4, -0.2) is 89.1 Å². The van der Waals surface area contributed by atoms with Gasteiger partial charge in [-0.15, -0.1) is 0 Å². The van der Waals surface area contributed by atoms with Crippen LogP contribution in [0, 0.1) is 11.2 Å². The Bertz CT molecular complexity index is 1490. The quantitative estimate of drug-likeness (QED) is 0.344. The van der Waals surface area contributed by atoms with Gasteiger partial charge in [0.2, 0.25) is 0 Å². The lowest BCUT2D eigenvalue weighted by Crippen LogP contribution is -2.65. The molecule has 1 N–H and O–H groups in total. The minimum absolute atomic E-state index is 0.0335. The molecule has 6 rings (SSSR count). The minimum atomic E-state index is -0.491. The standard InChI is InChI=1S/C33H42FN7O3/c1-5-41(22(2)3)32(42)25-14-23(34)6-7-28(25)44-30-17-36-21-38-31(30)40-19-33(20-40)15-24(16-33)43-29-8-10-37-27-9-12-39(13-11-35-4)18-26(27)29/h6-8,10,14,17,21-22,24,35H,5,9,11-13,15-16,18-20H2,1-4H3. The van der Waals surface area contributed by atoms with Crippen molar-refractivity contribution in [2.75, 3.05) is 51.2 Å². The van der Waals surface area contributed by atoms with E-state index in [1.165, 1.54) is 30.1 Å². The molecule has 10 nitrogen and oxygen atoms in total. The summed E-state index contributed by atoms with van der Waals surface area (Å²) in [6, 6.07) is 6.01. The first-order valence-corrected chi connectivity index (χ1v) is 15.6. The van der Waals surface area contributed by atoms with E-state index in [0.717, 1.165) is 70.0 Å². The fraction of sp³-hybridized carbons (Fsp3) is 0.515. The molecule has 1 spiro atoms. The van der Waals surface area contributed by atoms with Crippen LogP contribution in [0.4, 0.5) is 10.2 Å². The van der Waals surface area contributed by atoms with E-state index in [9.17, 15) is 9.18 Å². The van der Waals surface area contributed by atoms with Gasteiger partial charge in [0.1, 0.15) is 29.7 Å². The van der Waals surface area contributed by atoms with Gasteiger partial charge in [0.05, 0.1) is 11.8 Å². The van der Waals surface area contributed by atoms with Crippen molar-refractivity contribution in [2.24, 2.45) is 5.41 Å². The lowest BCUT2D eigenvalue weighted by Gasteiger charge is -2.59. The number of hydrogen-bond donors (Lipinski definition) is 1. The molecule has 0 radical (unpaired) electrons. The SMILES string of the molecule is CCN(C(=O)c1cc(F)ccc1Oc1cncnc1N1CC2(CC(Oc3ccnc4c3CN(CCNC)CC4)C2)C1)C(C)C. The second-order valence-electron chi connectivity index (χ2n) is 12.5. The van der Waals surface area contributed by atoms with E-state index >= 15 is 0 Å². The Kier molecular flexibility index (Phi) is 8.68. The maximum Gasteiger partial charge on any atom is 0.257 e. The second kappa shape index (κ2) is 12.6. The van der Waals surface area contributed by atoms with Crippen molar-refractivity contribution in [1.29, 1.82) is 0 Å². The molecule has 1 aromatic carbocycles. The Hall–Kier alpha value is -3.83. The number of nitrogens with zero attached hydrogens (tertiary/aromatic N) is 6. The molecule has 3 aliphatic rings. The van der Waals surface area contributed by atoms with Gasteiger partial charge < -0.3 is 24.6 Å². The number of hydrogen-bond acceptors (Lipinski definition) is 9. The van der Waals surface area contributed by atoms with Crippen LogP contribution in [0.15, 0.2) is 43.0 Å². The van der Waals surface area contributed by atoms with Crippen LogP contribution in [0.2, 0.25) is 0 Å². The van der Waals surface area contributed by atoms with Crippen molar-refractivity contribution in [3.8, 4) is 17.2 Å². The molecular weight excluding hydrogens is 561 g/mol. The molecule has 4 heterocycles. The fourth-order valence-corrected chi connectivity index (χ4v) is 6.77. The van der Waals surface area contributed by atoms with E-state index in [1.54, 1.807) is 11.1 Å². The number of likely N-dealkylation sites (N-methyl/N-ethyl adjacent to an activating group) is 1. The van der Waals surface area contributed by atoms with Crippen molar-refractivity contribution < 1.29 is 18.7 Å². The average molecular weight is 604 g/mol. The Morgan fingerprint density at radius 2 is 2.00 bits per heavy atom. The van der Waals surface area contributed by atoms with E-state index < -0.39 is 5.82 Å². The molecule has 11 heteroatoms. The molecule has 1 saturated carbocycles. The van der Waals surface area contributed by atoms with Crippen LogP contribution < -0.4 is 19.7 Å². The van der Waals surface area contributed by atoms with E-state index in [-0.39, 0.29) is 34.8 Å². The first-order valence-electron chi connectivity index (χ1n) is 15.6. The third kappa shape index (κ3) is 6.08. The van der Waals surface area contributed by atoms with Gasteiger partial charge in [0.15, 0.2) is 11.6 Å². The highest BCUT2D eigenvalue weighted by Crippen LogP contribution is 2.52. The summed E-state index contributed by atoms with van der Waals surface area (Å²) in [5, 5.41) is 3.24. The van der Waals surface area contributed by atoms with Gasteiger partial charge in [-0.05, 0) is 64.9 Å². The van der Waals surface area contributed by atoms with Crippen LogP contribution in [-0.2, 0) is 13.0 Å². The first-order chi connectivity index (χ1) is 21.3. The lowest BCUT2D eigenvalue weighted by molar-refractivity contribution is -0.0352. The molecule has 234 valence electrons. The van der Waals surface area contributed by atoms with Gasteiger partial charge in [-0.1, -0.05) is 0 Å². The summed E-state index contributed by atoms with van der Waals surface area (Å²) in [5.41, 5.74) is 2.73. The molecule has 0 unspecified atom stereocenters. The molecule has 0 atom stereocenters. The number of anilines is 1. The predicted octanol–water partition coefficient (Wildman–Crippen LogP) is 4.30.